The van der Waals surface area contributed by atoms with Gasteiger partial charge in [-0.15, -0.1) is 11.3 Å². The Morgan fingerprint density at radius 1 is 1.25 bits per heavy atom. The Morgan fingerprint density at radius 3 is 2.80 bits per heavy atom. The number of nitrogens with one attached hydrogen (secondary N) is 1. The number of thiazole rings is 1. The van der Waals surface area contributed by atoms with Crippen LogP contribution in [0.25, 0.3) is 10.2 Å². The molecule has 0 spiro atoms. The number of fused-ring (bicyclic) bond motifs is 1. The van der Waals surface area contributed by atoms with Crippen LogP contribution in [-0.2, 0) is 13.1 Å². The van der Waals surface area contributed by atoms with Crippen LogP contribution in [-0.4, -0.2) is 21.8 Å². The van der Waals surface area contributed by atoms with E-state index in [2.05, 4.69) is 52.1 Å². The lowest BCUT2D eigenvalue weighted by Gasteiger charge is -2.03. The molecule has 0 aliphatic heterocycles. The van der Waals surface area contributed by atoms with Crippen LogP contribution in [0, 0.1) is 13.8 Å². The third-order valence-corrected chi connectivity index (χ3v) is 4.53. The first-order chi connectivity index (χ1) is 9.69. The largest absolute Gasteiger partial charge is 0.316 e. The lowest BCUT2D eigenvalue weighted by Crippen LogP contribution is -2.08. The Bertz CT molecular complexity index is 708. The van der Waals surface area contributed by atoms with Crippen molar-refractivity contribution in [3.05, 3.63) is 46.2 Å². The third kappa shape index (κ3) is 2.34. The van der Waals surface area contributed by atoms with E-state index in [9.17, 15) is 0 Å². The van der Waals surface area contributed by atoms with Gasteiger partial charge in [-0.2, -0.15) is 5.10 Å². The van der Waals surface area contributed by atoms with Crippen molar-refractivity contribution < 1.29 is 0 Å². The van der Waals surface area contributed by atoms with Crippen LogP contribution < -0.4 is 5.32 Å². The molecule has 0 unspecified atom stereocenters. The molecule has 4 nitrogen and oxygen atoms in total. The first-order valence-electron chi connectivity index (χ1n) is 6.71. The van der Waals surface area contributed by atoms with Gasteiger partial charge in [-0.25, -0.2) is 4.98 Å². The second-order valence-corrected chi connectivity index (χ2v) is 6.03. The molecular formula is C15H18N4S. The van der Waals surface area contributed by atoms with Gasteiger partial charge in [0, 0.05) is 17.8 Å². The summed E-state index contributed by atoms with van der Waals surface area (Å²) in [6.07, 6.45) is 0. The molecule has 0 amide bonds. The molecule has 0 bridgehead atoms. The number of benzene rings is 1. The predicted molar refractivity (Wildman–Crippen MR) is 83.2 cm³/mol. The van der Waals surface area contributed by atoms with E-state index in [4.69, 9.17) is 0 Å². The van der Waals surface area contributed by atoms with Crippen molar-refractivity contribution in [2.75, 3.05) is 7.05 Å². The summed E-state index contributed by atoms with van der Waals surface area (Å²) in [6, 6.07) is 8.26. The summed E-state index contributed by atoms with van der Waals surface area (Å²) in [5.41, 5.74) is 4.67. The first kappa shape index (κ1) is 13.3. The lowest BCUT2D eigenvalue weighted by molar-refractivity contribution is 0.655. The van der Waals surface area contributed by atoms with Gasteiger partial charge < -0.3 is 5.32 Å². The molecule has 1 N–H and O–H groups in total. The van der Waals surface area contributed by atoms with Gasteiger partial charge in [-0.1, -0.05) is 12.1 Å². The van der Waals surface area contributed by atoms with E-state index in [1.807, 2.05) is 13.1 Å². The Balaban J connectivity index is 1.92. The zero-order valence-electron chi connectivity index (χ0n) is 12.0. The molecule has 0 saturated carbocycles. The maximum Gasteiger partial charge on any atom is 0.115 e. The van der Waals surface area contributed by atoms with Gasteiger partial charge in [0.2, 0.25) is 0 Å². The van der Waals surface area contributed by atoms with Crippen LogP contribution in [0.3, 0.4) is 0 Å². The molecule has 2 aromatic heterocycles. The summed E-state index contributed by atoms with van der Waals surface area (Å²) in [6.45, 7) is 5.79. The number of hydrogen-bond acceptors (Lipinski definition) is 4. The van der Waals surface area contributed by atoms with Crippen molar-refractivity contribution in [3.63, 3.8) is 0 Å². The normalized spacial score (nSPS) is 11.3. The van der Waals surface area contributed by atoms with Crippen LogP contribution in [0.2, 0.25) is 0 Å². The van der Waals surface area contributed by atoms with Gasteiger partial charge in [0.25, 0.3) is 0 Å². The van der Waals surface area contributed by atoms with Gasteiger partial charge in [0.1, 0.15) is 5.01 Å². The molecule has 20 heavy (non-hydrogen) atoms. The van der Waals surface area contributed by atoms with Crippen molar-refractivity contribution in [2.24, 2.45) is 0 Å². The lowest BCUT2D eigenvalue weighted by atomic mass is 10.2. The van der Waals surface area contributed by atoms with E-state index in [-0.39, 0.29) is 0 Å². The second kappa shape index (κ2) is 5.34. The molecule has 1 aromatic carbocycles. The minimum atomic E-state index is 0.746. The molecule has 2 heterocycles. The van der Waals surface area contributed by atoms with Crippen molar-refractivity contribution >= 4 is 21.6 Å². The maximum absolute atomic E-state index is 4.68. The summed E-state index contributed by atoms with van der Waals surface area (Å²) in [5.74, 6) is 0. The predicted octanol–water partition coefficient (Wildman–Crippen LogP) is 2.88. The summed E-state index contributed by atoms with van der Waals surface area (Å²) >= 11 is 1.74. The van der Waals surface area contributed by atoms with Crippen molar-refractivity contribution in [2.45, 2.75) is 26.9 Å². The summed E-state index contributed by atoms with van der Waals surface area (Å²) in [4.78, 5) is 4.68. The number of aromatic nitrogens is 3. The molecule has 0 aliphatic rings. The van der Waals surface area contributed by atoms with Crippen molar-refractivity contribution in [3.8, 4) is 0 Å². The Hall–Kier alpha value is -1.72. The Morgan fingerprint density at radius 2 is 2.05 bits per heavy atom. The average molecular weight is 286 g/mol. The number of para-hydroxylation sites is 1. The van der Waals surface area contributed by atoms with Gasteiger partial charge in [-0.3, -0.25) is 4.68 Å². The highest BCUT2D eigenvalue weighted by Gasteiger charge is 2.12. The van der Waals surface area contributed by atoms with E-state index < -0.39 is 0 Å². The minimum absolute atomic E-state index is 0.746. The quantitative estimate of drug-likeness (QED) is 0.802. The molecular weight excluding hydrogens is 268 g/mol. The monoisotopic (exact) mass is 286 g/mol. The van der Waals surface area contributed by atoms with E-state index in [1.54, 1.807) is 11.3 Å². The van der Waals surface area contributed by atoms with Crippen LogP contribution in [0.1, 0.15) is 22.0 Å². The van der Waals surface area contributed by atoms with E-state index >= 15 is 0 Å². The topological polar surface area (TPSA) is 42.7 Å². The molecule has 0 atom stereocenters. The highest BCUT2D eigenvalue weighted by molar-refractivity contribution is 7.18. The molecule has 0 aliphatic carbocycles. The average Bonchev–Trinajstić information content (AvgIpc) is 2.95. The fraction of sp³-hybridized carbons (Fsp3) is 0.333. The standard InChI is InChI=1S/C15H18N4S/c1-10-12(8-16-3)11(2)19(18-10)9-15-17-13-6-4-5-7-14(13)20-15/h4-7,16H,8-9H2,1-3H3. The number of hydrogen-bond donors (Lipinski definition) is 1. The van der Waals surface area contributed by atoms with E-state index in [1.165, 1.54) is 16.0 Å². The second-order valence-electron chi connectivity index (χ2n) is 4.91. The number of nitrogens with zero attached hydrogens (tertiary/aromatic N) is 3. The van der Waals surface area contributed by atoms with Gasteiger partial charge in [0.15, 0.2) is 0 Å². The van der Waals surface area contributed by atoms with Crippen LogP contribution in [0.5, 0.6) is 0 Å². The maximum atomic E-state index is 4.68. The van der Waals surface area contributed by atoms with E-state index in [0.717, 1.165) is 29.3 Å². The molecule has 0 saturated heterocycles. The zero-order chi connectivity index (χ0) is 14.1. The summed E-state index contributed by atoms with van der Waals surface area (Å²) in [7, 11) is 1.96. The molecule has 3 rings (SSSR count). The molecule has 0 fully saturated rings. The fourth-order valence-corrected chi connectivity index (χ4v) is 3.39. The molecule has 104 valence electrons. The number of aryl methyl sites for hydroxylation is 1. The smallest absolute Gasteiger partial charge is 0.115 e. The van der Waals surface area contributed by atoms with Crippen LogP contribution in [0.4, 0.5) is 0 Å². The molecule has 3 aromatic rings. The Labute approximate surface area is 122 Å². The summed E-state index contributed by atoms with van der Waals surface area (Å²) in [5, 5.41) is 8.94. The minimum Gasteiger partial charge on any atom is -0.316 e. The first-order valence-corrected chi connectivity index (χ1v) is 7.52. The highest BCUT2D eigenvalue weighted by atomic mass is 32.1. The number of rotatable bonds is 4. The zero-order valence-corrected chi connectivity index (χ0v) is 12.8. The highest BCUT2D eigenvalue weighted by Crippen LogP contribution is 2.23. The molecule has 5 heteroatoms. The van der Waals surface area contributed by atoms with Crippen molar-refractivity contribution in [1.82, 2.24) is 20.1 Å². The fourth-order valence-electron chi connectivity index (χ4n) is 2.44. The van der Waals surface area contributed by atoms with Crippen molar-refractivity contribution in [1.29, 1.82) is 0 Å². The third-order valence-electron chi connectivity index (χ3n) is 3.51. The van der Waals surface area contributed by atoms with Gasteiger partial charge >= 0.3 is 0 Å². The van der Waals surface area contributed by atoms with Crippen LogP contribution >= 0.6 is 11.3 Å². The molecule has 0 radical (unpaired) electrons. The van der Waals surface area contributed by atoms with Crippen LogP contribution in [0.15, 0.2) is 24.3 Å². The Kier molecular flexibility index (Phi) is 3.54. The van der Waals surface area contributed by atoms with Gasteiger partial charge in [0.05, 0.1) is 22.5 Å². The summed E-state index contributed by atoms with van der Waals surface area (Å²) < 4.78 is 3.29. The van der Waals surface area contributed by atoms with E-state index in [0.29, 0.717) is 0 Å². The van der Waals surface area contributed by atoms with Gasteiger partial charge in [-0.05, 0) is 33.0 Å². The SMILES string of the molecule is CNCc1c(C)nn(Cc2nc3ccccc3s2)c1C.